The van der Waals surface area contributed by atoms with E-state index in [0.29, 0.717) is 5.33 Å². The van der Waals surface area contributed by atoms with E-state index in [1.807, 2.05) is 0 Å². The van der Waals surface area contributed by atoms with Crippen LogP contribution in [-0.4, -0.2) is 5.33 Å². The van der Waals surface area contributed by atoms with Crippen LogP contribution < -0.4 is 0 Å². The van der Waals surface area contributed by atoms with Crippen LogP contribution in [0.15, 0.2) is 0 Å². The highest BCUT2D eigenvalue weighted by Crippen LogP contribution is 1.68. The lowest BCUT2D eigenvalue weighted by Crippen LogP contribution is -1.45. The minimum atomic E-state index is 0. The molecule has 0 spiro atoms. The Morgan fingerprint density at radius 3 is 2.50 bits per heavy atom. The van der Waals surface area contributed by atoms with Gasteiger partial charge in [-0.15, -0.1) is 6.42 Å². The molecule has 1 heteroatoms. The number of rotatable bonds is 0. The maximum atomic E-state index is 4.73. The normalized spacial score (nSPS) is 5.00. The van der Waals surface area contributed by atoms with E-state index in [0.717, 1.165) is 0 Å². The molecule has 0 aromatic carbocycles. The minimum absolute atomic E-state index is 0. The highest BCUT2D eigenvalue weighted by Gasteiger charge is 1.46. The van der Waals surface area contributed by atoms with Crippen LogP contribution in [-0.2, 0) is 0 Å². The summed E-state index contributed by atoms with van der Waals surface area (Å²) in [6, 6.07) is 0. The van der Waals surface area contributed by atoms with Crippen LogP contribution in [0.25, 0.3) is 0 Å². The molecule has 0 saturated carbocycles. The molecule has 0 heterocycles. The van der Waals surface area contributed by atoms with E-state index in [1.165, 1.54) is 0 Å². The number of hydrogen-bond donors (Lipinski definition) is 0. The monoisotopic (exact) mass is 120 g/mol. The molecular weight excluding hydrogens is 116 g/mol. The van der Waals surface area contributed by atoms with Crippen LogP contribution in [0, 0.1) is 12.3 Å². The van der Waals surface area contributed by atoms with Gasteiger partial charge in [0.25, 0.3) is 0 Å². The van der Waals surface area contributed by atoms with E-state index in [4.69, 9.17) is 6.42 Å². The van der Waals surface area contributed by atoms with E-state index < -0.39 is 0 Å². The van der Waals surface area contributed by atoms with E-state index in [9.17, 15) is 0 Å². The summed E-state index contributed by atoms with van der Waals surface area (Å²) in [7, 11) is 0. The van der Waals surface area contributed by atoms with Crippen molar-refractivity contribution in [2.24, 2.45) is 0 Å². The van der Waals surface area contributed by atoms with E-state index in [2.05, 4.69) is 21.9 Å². The van der Waals surface area contributed by atoms with Crippen LogP contribution in [0.2, 0.25) is 0 Å². The molecule has 0 atom stereocenters. The predicted octanol–water partition coefficient (Wildman–Crippen LogP) is 1.26. The van der Waals surface area contributed by atoms with Gasteiger partial charge in [0.05, 0.1) is 5.33 Å². The molecule has 0 nitrogen and oxygen atoms in total. The summed E-state index contributed by atoms with van der Waals surface area (Å²) in [6.45, 7) is 0. The average Bonchev–Trinajstić information content (AvgIpc) is 1.37. The second-order valence-corrected chi connectivity index (χ2v) is 0.898. The van der Waals surface area contributed by atoms with Gasteiger partial charge in [-0.05, 0) is 0 Å². The van der Waals surface area contributed by atoms with E-state index >= 15 is 0 Å². The summed E-state index contributed by atoms with van der Waals surface area (Å²) in [5.41, 5.74) is 0. The molecule has 0 rings (SSSR count). The standard InChI is InChI=1S/C3H3Br.H2/c1-2-3-4;/h1H,3H2;1H. The second-order valence-electron chi connectivity index (χ2n) is 0.338. The maximum absolute atomic E-state index is 4.73. The molecule has 0 unspecified atom stereocenters. The molecule has 4 heavy (non-hydrogen) atoms. The predicted molar refractivity (Wildman–Crippen MR) is 24.7 cm³/mol. The highest BCUT2D eigenvalue weighted by molar-refractivity contribution is 9.09. The molecule has 0 amide bonds. The highest BCUT2D eigenvalue weighted by atomic mass is 79.9. The van der Waals surface area contributed by atoms with Crippen molar-refractivity contribution in [2.75, 3.05) is 5.33 Å². The Bertz CT molecular complexity index is 36.6. The van der Waals surface area contributed by atoms with Crippen molar-refractivity contribution < 1.29 is 1.43 Å². The van der Waals surface area contributed by atoms with Crippen LogP contribution in [0.5, 0.6) is 0 Å². The fourth-order valence-electron chi connectivity index (χ4n) is 0. The summed E-state index contributed by atoms with van der Waals surface area (Å²) in [5, 5.41) is 0.660. The van der Waals surface area contributed by atoms with Gasteiger partial charge in [-0.25, -0.2) is 0 Å². The summed E-state index contributed by atoms with van der Waals surface area (Å²) < 4.78 is 0. The zero-order valence-corrected chi connectivity index (χ0v) is 3.75. The van der Waals surface area contributed by atoms with Crippen molar-refractivity contribution >= 4 is 15.9 Å². The van der Waals surface area contributed by atoms with Crippen LogP contribution in [0.4, 0.5) is 0 Å². The molecular formula is C3H5Br. The van der Waals surface area contributed by atoms with Gasteiger partial charge in [-0.2, -0.15) is 0 Å². The molecule has 0 aliphatic rings. The first-order valence-electron chi connectivity index (χ1n) is 0.909. The second kappa shape index (κ2) is 3.04. The largest absolute Gasteiger partial charge is 0.119 e. The van der Waals surface area contributed by atoms with Gasteiger partial charge in [-0.3, -0.25) is 0 Å². The van der Waals surface area contributed by atoms with Gasteiger partial charge < -0.3 is 0 Å². The average molecular weight is 121 g/mol. The van der Waals surface area contributed by atoms with E-state index in [-0.39, 0.29) is 1.43 Å². The lowest BCUT2D eigenvalue weighted by atomic mass is 10.9. The molecule has 0 aromatic rings. The molecule has 0 N–H and O–H groups in total. The van der Waals surface area contributed by atoms with Crippen LogP contribution in [0.1, 0.15) is 1.43 Å². The van der Waals surface area contributed by atoms with Gasteiger partial charge in [0.1, 0.15) is 0 Å². The minimum Gasteiger partial charge on any atom is -0.119 e. The molecule has 0 aliphatic heterocycles. The Morgan fingerprint density at radius 1 is 2.25 bits per heavy atom. The zero-order chi connectivity index (χ0) is 3.41. The number of alkyl halides is 1. The number of terminal acetylenes is 1. The lowest BCUT2D eigenvalue weighted by Gasteiger charge is -1.50. The molecule has 0 fully saturated rings. The van der Waals surface area contributed by atoms with Crippen molar-refractivity contribution in [2.45, 2.75) is 0 Å². The third kappa shape index (κ3) is 2.04. The van der Waals surface area contributed by atoms with Crippen LogP contribution >= 0.6 is 15.9 Å². The van der Waals surface area contributed by atoms with Gasteiger partial charge in [0, 0.05) is 1.43 Å². The van der Waals surface area contributed by atoms with Gasteiger partial charge in [-0.1, -0.05) is 21.9 Å². The fourth-order valence-corrected chi connectivity index (χ4v) is 0. The fraction of sp³-hybridized carbons (Fsp3) is 0.333. The molecule has 0 aromatic heterocycles. The van der Waals surface area contributed by atoms with Crippen molar-refractivity contribution in [1.29, 1.82) is 0 Å². The third-order valence-electron chi connectivity index (χ3n) is 0.0772. The van der Waals surface area contributed by atoms with Gasteiger partial charge in [0.2, 0.25) is 0 Å². The van der Waals surface area contributed by atoms with Crippen molar-refractivity contribution in [3.05, 3.63) is 0 Å². The quantitative estimate of drug-likeness (QED) is 0.334. The zero-order valence-electron chi connectivity index (χ0n) is 2.16. The van der Waals surface area contributed by atoms with Crippen molar-refractivity contribution in [1.82, 2.24) is 0 Å². The summed E-state index contributed by atoms with van der Waals surface area (Å²) >= 11 is 3.01. The first kappa shape index (κ1) is 4.04. The Balaban J connectivity index is 0. The van der Waals surface area contributed by atoms with Gasteiger partial charge >= 0.3 is 0 Å². The van der Waals surface area contributed by atoms with Crippen molar-refractivity contribution in [3.8, 4) is 12.3 Å². The summed E-state index contributed by atoms with van der Waals surface area (Å²) in [4.78, 5) is 0. The molecule has 0 radical (unpaired) electrons. The number of halogens is 1. The van der Waals surface area contributed by atoms with Crippen LogP contribution in [0.3, 0.4) is 0 Å². The van der Waals surface area contributed by atoms with Crippen molar-refractivity contribution in [3.63, 3.8) is 0 Å². The Kier molecular flexibility index (Phi) is 3.07. The molecule has 0 saturated heterocycles. The Hall–Kier alpha value is 0.0400. The molecule has 0 aliphatic carbocycles. The third-order valence-corrected chi connectivity index (χ3v) is 0.401. The number of hydrogen-bond acceptors (Lipinski definition) is 0. The Labute approximate surface area is 35.8 Å². The Morgan fingerprint density at radius 2 is 2.50 bits per heavy atom. The summed E-state index contributed by atoms with van der Waals surface area (Å²) in [5.74, 6) is 2.35. The maximum Gasteiger partial charge on any atom is 0.0642 e. The topological polar surface area (TPSA) is 0 Å². The van der Waals surface area contributed by atoms with E-state index in [1.54, 1.807) is 0 Å². The smallest absolute Gasteiger partial charge is 0.0642 e. The summed E-state index contributed by atoms with van der Waals surface area (Å²) in [6.07, 6.45) is 4.73. The first-order chi connectivity index (χ1) is 1.91. The lowest BCUT2D eigenvalue weighted by molar-refractivity contribution is 2.02. The molecule has 0 bridgehead atoms. The SMILES string of the molecule is C#CCBr.[HH]. The first-order valence-corrected chi connectivity index (χ1v) is 2.03. The van der Waals surface area contributed by atoms with Gasteiger partial charge in [0.15, 0.2) is 0 Å². The molecule has 24 valence electrons.